The van der Waals surface area contributed by atoms with Crippen LogP contribution in [-0.4, -0.2) is 24.5 Å². The van der Waals surface area contributed by atoms with Crippen molar-refractivity contribution >= 4 is 23.2 Å². The minimum atomic E-state index is -0.415. The van der Waals surface area contributed by atoms with Crippen LogP contribution in [0.2, 0.25) is 5.02 Å². The monoisotopic (exact) mass is 263 g/mol. The van der Waals surface area contributed by atoms with Crippen LogP contribution in [-0.2, 0) is 4.79 Å². The van der Waals surface area contributed by atoms with Crippen LogP contribution < -0.4 is 10.2 Å². The molecule has 1 aromatic rings. The maximum atomic E-state index is 12.3. The minimum Gasteiger partial charge on any atom is -0.307 e. The highest BCUT2D eigenvalue weighted by molar-refractivity contribution is 6.30. The molecule has 2 rings (SSSR count). The number of rotatable bonds is 2. The van der Waals surface area contributed by atoms with Crippen molar-refractivity contribution < 1.29 is 4.79 Å². The molecule has 18 heavy (non-hydrogen) atoms. The molecular formula is C13H14ClN3O. The zero-order valence-electron chi connectivity index (χ0n) is 10.1. The van der Waals surface area contributed by atoms with Crippen LogP contribution in [0.4, 0.5) is 5.69 Å². The Hall–Kier alpha value is -1.57. The first-order valence-electron chi connectivity index (χ1n) is 5.82. The van der Waals surface area contributed by atoms with Gasteiger partial charge in [0, 0.05) is 23.3 Å². The van der Waals surface area contributed by atoms with Crippen molar-refractivity contribution in [1.29, 1.82) is 5.26 Å². The van der Waals surface area contributed by atoms with E-state index in [1.54, 1.807) is 17.0 Å². The fourth-order valence-corrected chi connectivity index (χ4v) is 2.24. The lowest BCUT2D eigenvalue weighted by Crippen LogP contribution is -2.59. The van der Waals surface area contributed by atoms with E-state index in [4.69, 9.17) is 16.9 Å². The van der Waals surface area contributed by atoms with E-state index in [9.17, 15) is 4.79 Å². The lowest BCUT2D eigenvalue weighted by molar-refractivity contribution is -0.122. The molecule has 1 fully saturated rings. The van der Waals surface area contributed by atoms with Crippen molar-refractivity contribution in [2.75, 3.05) is 11.4 Å². The largest absolute Gasteiger partial charge is 0.307 e. The quantitative estimate of drug-likeness (QED) is 0.887. The van der Waals surface area contributed by atoms with Crippen LogP contribution in [0.15, 0.2) is 24.3 Å². The number of halogens is 1. The van der Waals surface area contributed by atoms with Gasteiger partial charge in [0.05, 0.1) is 12.5 Å². The van der Waals surface area contributed by atoms with Gasteiger partial charge in [0.2, 0.25) is 5.91 Å². The summed E-state index contributed by atoms with van der Waals surface area (Å²) < 4.78 is 0. The van der Waals surface area contributed by atoms with Crippen LogP contribution in [0.3, 0.4) is 0 Å². The first kappa shape index (κ1) is 12.9. The van der Waals surface area contributed by atoms with Gasteiger partial charge in [0.1, 0.15) is 6.04 Å². The van der Waals surface area contributed by atoms with E-state index in [1.165, 1.54) is 0 Å². The number of amides is 1. The fourth-order valence-electron chi connectivity index (χ4n) is 2.11. The van der Waals surface area contributed by atoms with Crippen molar-refractivity contribution in [2.45, 2.75) is 25.4 Å². The Morgan fingerprint density at radius 2 is 2.17 bits per heavy atom. The molecule has 1 saturated heterocycles. The number of hydrogen-bond acceptors (Lipinski definition) is 3. The third kappa shape index (κ3) is 2.47. The summed E-state index contributed by atoms with van der Waals surface area (Å²) >= 11 is 5.84. The van der Waals surface area contributed by atoms with Crippen molar-refractivity contribution in [1.82, 2.24) is 5.32 Å². The van der Waals surface area contributed by atoms with E-state index in [0.717, 1.165) is 5.69 Å². The first-order valence-corrected chi connectivity index (χ1v) is 6.20. The number of nitriles is 1. The van der Waals surface area contributed by atoms with Gasteiger partial charge in [-0.2, -0.15) is 5.26 Å². The minimum absolute atomic E-state index is 0.0578. The Morgan fingerprint density at radius 3 is 2.78 bits per heavy atom. The van der Waals surface area contributed by atoms with Gasteiger partial charge in [0.15, 0.2) is 0 Å². The number of carbonyl (C=O) groups excluding carboxylic acids is 1. The summed E-state index contributed by atoms with van der Waals surface area (Å²) in [5.41, 5.74) is 0.821. The highest BCUT2D eigenvalue weighted by atomic mass is 35.5. The maximum absolute atomic E-state index is 12.3. The number of carbonyl (C=O) groups is 1. The van der Waals surface area contributed by atoms with Crippen molar-refractivity contribution in [3.63, 3.8) is 0 Å². The molecule has 0 saturated carbocycles. The van der Waals surface area contributed by atoms with E-state index in [-0.39, 0.29) is 18.4 Å². The van der Waals surface area contributed by atoms with Gasteiger partial charge in [-0.05, 0) is 31.2 Å². The third-order valence-corrected chi connectivity index (χ3v) is 3.29. The highest BCUT2D eigenvalue weighted by Gasteiger charge is 2.33. The molecule has 0 radical (unpaired) electrons. The lowest BCUT2D eigenvalue weighted by Gasteiger charge is -2.37. The van der Waals surface area contributed by atoms with Crippen molar-refractivity contribution in [2.24, 2.45) is 0 Å². The topological polar surface area (TPSA) is 56.1 Å². The van der Waals surface area contributed by atoms with Crippen LogP contribution in [0, 0.1) is 11.3 Å². The number of piperazine rings is 1. The Kier molecular flexibility index (Phi) is 3.85. The van der Waals surface area contributed by atoms with Gasteiger partial charge in [-0.15, -0.1) is 0 Å². The Morgan fingerprint density at radius 1 is 1.50 bits per heavy atom. The van der Waals surface area contributed by atoms with Crippen LogP contribution in [0.25, 0.3) is 0 Å². The van der Waals surface area contributed by atoms with Gasteiger partial charge >= 0.3 is 0 Å². The summed E-state index contributed by atoms with van der Waals surface area (Å²) in [6.07, 6.45) is 0.190. The average molecular weight is 264 g/mol. The zero-order chi connectivity index (χ0) is 13.1. The molecule has 0 aliphatic carbocycles. The van der Waals surface area contributed by atoms with Crippen molar-refractivity contribution in [3.05, 3.63) is 29.3 Å². The summed E-state index contributed by atoms with van der Waals surface area (Å²) in [6, 6.07) is 8.86. The molecule has 94 valence electrons. The number of hydrogen-bond donors (Lipinski definition) is 1. The molecule has 1 amide bonds. The molecule has 1 aromatic carbocycles. The Bertz CT molecular complexity index is 480. The van der Waals surface area contributed by atoms with E-state index in [2.05, 4.69) is 5.32 Å². The summed E-state index contributed by atoms with van der Waals surface area (Å²) in [6.45, 7) is 2.66. The highest BCUT2D eigenvalue weighted by Crippen LogP contribution is 2.23. The maximum Gasteiger partial charge on any atom is 0.245 e. The number of benzene rings is 1. The zero-order valence-corrected chi connectivity index (χ0v) is 10.8. The molecule has 0 spiro atoms. The van der Waals surface area contributed by atoms with Gasteiger partial charge in [0.25, 0.3) is 0 Å². The second kappa shape index (κ2) is 5.38. The lowest BCUT2D eigenvalue weighted by atomic mass is 10.1. The first-order chi connectivity index (χ1) is 8.63. The molecule has 0 aromatic heterocycles. The number of anilines is 1. The molecule has 1 N–H and O–H groups in total. The Balaban J connectivity index is 2.26. The molecule has 2 atom stereocenters. The number of nitrogens with zero attached hydrogens (tertiary/aromatic N) is 2. The standard InChI is InChI=1S/C13H14ClN3O/c1-9-8-16-12(6-7-15)13(18)17(9)11-4-2-10(14)3-5-11/h2-5,9,12,16H,6,8H2,1H3. The summed E-state index contributed by atoms with van der Waals surface area (Å²) in [5.74, 6) is -0.0578. The second-order valence-electron chi connectivity index (χ2n) is 4.36. The molecule has 2 unspecified atom stereocenters. The predicted octanol–water partition coefficient (Wildman–Crippen LogP) is 1.95. The third-order valence-electron chi connectivity index (χ3n) is 3.04. The normalized spacial score (nSPS) is 23.8. The summed E-state index contributed by atoms with van der Waals surface area (Å²) in [7, 11) is 0. The summed E-state index contributed by atoms with van der Waals surface area (Å²) in [5, 5.41) is 12.4. The SMILES string of the molecule is CC1CNC(CC#N)C(=O)N1c1ccc(Cl)cc1. The smallest absolute Gasteiger partial charge is 0.245 e. The molecule has 1 aliphatic heterocycles. The van der Waals surface area contributed by atoms with E-state index >= 15 is 0 Å². The van der Waals surface area contributed by atoms with E-state index in [0.29, 0.717) is 11.6 Å². The average Bonchev–Trinajstić information content (AvgIpc) is 2.35. The van der Waals surface area contributed by atoms with E-state index < -0.39 is 6.04 Å². The van der Waals surface area contributed by atoms with Gasteiger partial charge < -0.3 is 10.2 Å². The van der Waals surface area contributed by atoms with E-state index in [1.807, 2.05) is 25.1 Å². The van der Waals surface area contributed by atoms with Gasteiger partial charge in [-0.25, -0.2) is 0 Å². The van der Waals surface area contributed by atoms with Crippen LogP contribution >= 0.6 is 11.6 Å². The predicted molar refractivity (Wildman–Crippen MR) is 70.4 cm³/mol. The molecule has 1 heterocycles. The summed E-state index contributed by atoms with van der Waals surface area (Å²) in [4.78, 5) is 14.0. The molecule has 0 bridgehead atoms. The molecule has 1 aliphatic rings. The molecule has 4 nitrogen and oxygen atoms in total. The fraction of sp³-hybridized carbons (Fsp3) is 0.385. The van der Waals surface area contributed by atoms with Gasteiger partial charge in [-0.1, -0.05) is 11.6 Å². The van der Waals surface area contributed by atoms with Crippen LogP contribution in [0.1, 0.15) is 13.3 Å². The van der Waals surface area contributed by atoms with Crippen LogP contribution in [0.5, 0.6) is 0 Å². The molecular weight excluding hydrogens is 250 g/mol. The number of nitrogens with one attached hydrogen (secondary N) is 1. The van der Waals surface area contributed by atoms with Crippen molar-refractivity contribution in [3.8, 4) is 6.07 Å². The second-order valence-corrected chi connectivity index (χ2v) is 4.79. The molecule has 5 heteroatoms. The Labute approximate surface area is 111 Å². The van der Waals surface area contributed by atoms with Gasteiger partial charge in [-0.3, -0.25) is 4.79 Å².